The number of hydrogen-bond acceptors (Lipinski definition) is 4. The van der Waals surface area contributed by atoms with Crippen molar-refractivity contribution in [1.82, 2.24) is 14.7 Å². The number of ether oxygens (including phenoxy) is 1. The maximum atomic E-state index is 12.2. The number of carboxylic acids is 1. The number of nitrogens with zero attached hydrogens (tertiary/aromatic N) is 3. The van der Waals surface area contributed by atoms with Crippen LogP contribution in [0.2, 0.25) is 0 Å². The molecule has 1 fully saturated rings. The van der Waals surface area contributed by atoms with Crippen LogP contribution in [0.4, 0.5) is 4.79 Å². The predicted octanol–water partition coefficient (Wildman–Crippen LogP) is 0.165. The number of likely N-dealkylation sites (tertiary alicyclic amines) is 1. The first-order valence-electron chi connectivity index (χ1n) is 6.88. The Morgan fingerprint density at radius 2 is 1.80 bits per heavy atom. The standard InChI is InChI=1S/C13H25N3O4/c1-14(2)8-9-15(3)13(19)16-6-4-11(5-7-16)20-10-12(17)18/h11H,4-10H2,1-3H3,(H,17,18). The smallest absolute Gasteiger partial charge is 0.329 e. The second-order valence-corrected chi connectivity index (χ2v) is 5.40. The molecule has 0 aromatic heterocycles. The predicted molar refractivity (Wildman–Crippen MR) is 74.8 cm³/mol. The van der Waals surface area contributed by atoms with Crippen LogP contribution in [0.15, 0.2) is 0 Å². The third kappa shape index (κ3) is 5.75. The number of urea groups is 1. The van der Waals surface area contributed by atoms with E-state index in [1.807, 2.05) is 19.0 Å². The van der Waals surface area contributed by atoms with Gasteiger partial charge >= 0.3 is 12.0 Å². The van der Waals surface area contributed by atoms with E-state index in [4.69, 9.17) is 9.84 Å². The SMILES string of the molecule is CN(C)CCN(C)C(=O)N1CCC(OCC(=O)O)CC1. The quantitative estimate of drug-likeness (QED) is 0.753. The van der Waals surface area contributed by atoms with Crippen LogP contribution in [0.3, 0.4) is 0 Å². The Hall–Kier alpha value is -1.34. The Labute approximate surface area is 120 Å². The van der Waals surface area contributed by atoms with Crippen molar-refractivity contribution in [2.24, 2.45) is 0 Å². The molecule has 116 valence electrons. The summed E-state index contributed by atoms with van der Waals surface area (Å²) in [6, 6.07) is 0.0311. The number of carbonyl (C=O) groups is 2. The molecular formula is C13H25N3O4. The van der Waals surface area contributed by atoms with Gasteiger partial charge in [0.15, 0.2) is 0 Å². The third-order valence-corrected chi connectivity index (χ3v) is 3.36. The van der Waals surface area contributed by atoms with Crippen LogP contribution in [0.25, 0.3) is 0 Å². The van der Waals surface area contributed by atoms with Gasteiger partial charge in [0.2, 0.25) is 0 Å². The summed E-state index contributed by atoms with van der Waals surface area (Å²) in [7, 11) is 5.76. The number of piperidine rings is 1. The molecule has 1 saturated heterocycles. The van der Waals surface area contributed by atoms with Gasteiger partial charge in [-0.15, -0.1) is 0 Å². The highest BCUT2D eigenvalue weighted by molar-refractivity contribution is 5.74. The van der Waals surface area contributed by atoms with E-state index in [2.05, 4.69) is 0 Å². The lowest BCUT2D eigenvalue weighted by Crippen LogP contribution is -2.48. The lowest BCUT2D eigenvalue weighted by Gasteiger charge is -2.34. The van der Waals surface area contributed by atoms with Crippen molar-refractivity contribution in [2.75, 3.05) is 53.9 Å². The fraction of sp³-hybridized carbons (Fsp3) is 0.846. The molecule has 7 nitrogen and oxygen atoms in total. The Bertz CT molecular complexity index is 328. The molecule has 0 unspecified atom stereocenters. The van der Waals surface area contributed by atoms with Crippen molar-refractivity contribution < 1.29 is 19.4 Å². The molecule has 0 saturated carbocycles. The Morgan fingerprint density at radius 1 is 1.20 bits per heavy atom. The lowest BCUT2D eigenvalue weighted by atomic mass is 10.1. The molecule has 0 atom stereocenters. The zero-order valence-corrected chi connectivity index (χ0v) is 12.5. The highest BCUT2D eigenvalue weighted by atomic mass is 16.5. The zero-order chi connectivity index (χ0) is 15.1. The van der Waals surface area contributed by atoms with Crippen LogP contribution in [0.5, 0.6) is 0 Å². The van der Waals surface area contributed by atoms with Gasteiger partial charge in [-0.1, -0.05) is 0 Å². The first-order valence-corrected chi connectivity index (χ1v) is 6.88. The van der Waals surface area contributed by atoms with Crippen LogP contribution >= 0.6 is 0 Å². The number of carbonyl (C=O) groups excluding carboxylic acids is 1. The molecule has 0 bridgehead atoms. The van der Waals surface area contributed by atoms with Gasteiger partial charge < -0.3 is 24.5 Å². The Balaban J connectivity index is 2.29. The minimum atomic E-state index is -0.952. The third-order valence-electron chi connectivity index (χ3n) is 3.36. The average molecular weight is 287 g/mol. The fourth-order valence-corrected chi connectivity index (χ4v) is 2.09. The molecule has 1 N–H and O–H groups in total. The molecule has 1 aliphatic rings. The van der Waals surface area contributed by atoms with E-state index in [-0.39, 0.29) is 18.7 Å². The van der Waals surface area contributed by atoms with Crippen LogP contribution in [-0.2, 0) is 9.53 Å². The minimum absolute atomic E-state index is 0.0311. The molecule has 1 aliphatic heterocycles. The minimum Gasteiger partial charge on any atom is -0.480 e. The molecule has 0 aliphatic carbocycles. The van der Waals surface area contributed by atoms with Gasteiger partial charge in [0.1, 0.15) is 6.61 Å². The zero-order valence-electron chi connectivity index (χ0n) is 12.5. The monoisotopic (exact) mass is 287 g/mol. The molecule has 0 aromatic carbocycles. The van der Waals surface area contributed by atoms with Gasteiger partial charge in [-0.3, -0.25) is 0 Å². The molecule has 7 heteroatoms. The summed E-state index contributed by atoms with van der Waals surface area (Å²) in [6.45, 7) is 2.51. The van der Waals surface area contributed by atoms with Gasteiger partial charge in [0, 0.05) is 33.2 Å². The number of hydrogen-bond donors (Lipinski definition) is 1. The van der Waals surface area contributed by atoms with E-state index in [0.717, 1.165) is 6.54 Å². The van der Waals surface area contributed by atoms with Gasteiger partial charge in [-0.2, -0.15) is 0 Å². The van der Waals surface area contributed by atoms with E-state index in [1.165, 1.54) is 0 Å². The van der Waals surface area contributed by atoms with Gasteiger partial charge in [0.25, 0.3) is 0 Å². The molecule has 1 heterocycles. The van der Waals surface area contributed by atoms with E-state index in [1.54, 1.807) is 16.8 Å². The highest BCUT2D eigenvalue weighted by Crippen LogP contribution is 2.14. The summed E-state index contributed by atoms with van der Waals surface area (Å²) in [5.41, 5.74) is 0. The number of aliphatic carboxylic acids is 1. The Kier molecular flexibility index (Phi) is 6.74. The van der Waals surface area contributed by atoms with Crippen molar-refractivity contribution in [3.8, 4) is 0 Å². The molecule has 0 aromatic rings. The average Bonchev–Trinajstić information content (AvgIpc) is 2.42. The fourth-order valence-electron chi connectivity index (χ4n) is 2.09. The van der Waals surface area contributed by atoms with Crippen LogP contribution in [0, 0.1) is 0 Å². The normalized spacial score (nSPS) is 16.5. The van der Waals surface area contributed by atoms with E-state index < -0.39 is 5.97 Å². The first kappa shape index (κ1) is 16.7. The second kappa shape index (κ2) is 8.06. The van der Waals surface area contributed by atoms with Gasteiger partial charge in [0.05, 0.1) is 6.10 Å². The number of likely N-dealkylation sites (N-methyl/N-ethyl adjacent to an activating group) is 2. The summed E-state index contributed by atoms with van der Waals surface area (Å²) < 4.78 is 5.25. The van der Waals surface area contributed by atoms with Crippen LogP contribution in [0.1, 0.15) is 12.8 Å². The van der Waals surface area contributed by atoms with Crippen LogP contribution < -0.4 is 0 Å². The number of amides is 2. The summed E-state index contributed by atoms with van der Waals surface area (Å²) in [5.74, 6) is -0.952. The summed E-state index contributed by atoms with van der Waals surface area (Å²) >= 11 is 0. The van der Waals surface area contributed by atoms with Crippen molar-refractivity contribution in [3.63, 3.8) is 0 Å². The topological polar surface area (TPSA) is 73.3 Å². The van der Waals surface area contributed by atoms with Crippen LogP contribution in [-0.4, -0.2) is 91.8 Å². The summed E-state index contributed by atoms with van der Waals surface area (Å²) in [6.07, 6.45) is 1.34. The Morgan fingerprint density at radius 3 is 2.30 bits per heavy atom. The lowest BCUT2D eigenvalue weighted by molar-refractivity contribution is -0.145. The molecule has 2 amide bonds. The van der Waals surface area contributed by atoms with Crippen molar-refractivity contribution >= 4 is 12.0 Å². The second-order valence-electron chi connectivity index (χ2n) is 5.40. The van der Waals surface area contributed by atoms with Gasteiger partial charge in [-0.25, -0.2) is 9.59 Å². The maximum Gasteiger partial charge on any atom is 0.329 e. The first-order chi connectivity index (χ1) is 9.40. The van der Waals surface area contributed by atoms with Crippen molar-refractivity contribution in [2.45, 2.75) is 18.9 Å². The molecule has 20 heavy (non-hydrogen) atoms. The number of carboxylic acid groups (broad SMARTS) is 1. The molecule has 0 spiro atoms. The maximum absolute atomic E-state index is 12.2. The van der Waals surface area contributed by atoms with E-state index in [9.17, 15) is 9.59 Å². The number of rotatable bonds is 6. The summed E-state index contributed by atoms with van der Waals surface area (Å²) in [4.78, 5) is 28.2. The molecular weight excluding hydrogens is 262 g/mol. The molecule has 1 rings (SSSR count). The van der Waals surface area contributed by atoms with E-state index in [0.29, 0.717) is 32.5 Å². The van der Waals surface area contributed by atoms with Crippen molar-refractivity contribution in [1.29, 1.82) is 0 Å². The van der Waals surface area contributed by atoms with Crippen molar-refractivity contribution in [3.05, 3.63) is 0 Å². The summed E-state index contributed by atoms with van der Waals surface area (Å²) in [5, 5.41) is 8.56. The molecule has 0 radical (unpaired) electrons. The highest BCUT2D eigenvalue weighted by Gasteiger charge is 2.25. The van der Waals surface area contributed by atoms with E-state index >= 15 is 0 Å². The largest absolute Gasteiger partial charge is 0.480 e. The van der Waals surface area contributed by atoms with Gasteiger partial charge in [-0.05, 0) is 26.9 Å².